The standard InChI is InChI=1S/C15H15ClINO3/c16-11-4-5-14(17)13(9-11)15(19)18-6-2-7-20-10-12-3-1-8-21-12/h1,3-5,8-9H,2,6-7,10H2,(H,18,19). The van der Waals surface area contributed by atoms with Crippen LogP contribution < -0.4 is 5.32 Å². The van der Waals surface area contributed by atoms with E-state index in [9.17, 15) is 4.79 Å². The van der Waals surface area contributed by atoms with E-state index in [2.05, 4.69) is 27.9 Å². The van der Waals surface area contributed by atoms with Gasteiger partial charge in [-0.3, -0.25) is 4.79 Å². The van der Waals surface area contributed by atoms with Crippen molar-refractivity contribution >= 4 is 40.1 Å². The second kappa shape index (κ2) is 8.41. The minimum Gasteiger partial charge on any atom is -0.467 e. The number of benzene rings is 1. The highest BCUT2D eigenvalue weighted by Gasteiger charge is 2.09. The van der Waals surface area contributed by atoms with E-state index in [0.29, 0.717) is 30.3 Å². The fourth-order valence-electron chi connectivity index (χ4n) is 1.71. The highest BCUT2D eigenvalue weighted by molar-refractivity contribution is 14.1. The molecule has 1 aromatic carbocycles. The lowest BCUT2D eigenvalue weighted by Gasteiger charge is -2.07. The predicted octanol–water partition coefficient (Wildman–Crippen LogP) is 3.87. The summed E-state index contributed by atoms with van der Waals surface area (Å²) in [6.07, 6.45) is 2.36. The fourth-order valence-corrected chi connectivity index (χ4v) is 2.46. The minimum absolute atomic E-state index is 0.118. The lowest BCUT2D eigenvalue weighted by Crippen LogP contribution is -2.26. The third kappa shape index (κ3) is 5.33. The zero-order valence-electron chi connectivity index (χ0n) is 11.3. The Hall–Kier alpha value is -1.05. The topological polar surface area (TPSA) is 51.5 Å². The lowest BCUT2D eigenvalue weighted by atomic mass is 10.2. The van der Waals surface area contributed by atoms with E-state index in [1.165, 1.54) is 0 Å². The molecule has 0 aliphatic rings. The molecule has 1 aromatic heterocycles. The Balaban J connectivity index is 1.66. The largest absolute Gasteiger partial charge is 0.467 e. The van der Waals surface area contributed by atoms with Crippen LogP contribution in [0, 0.1) is 3.57 Å². The number of carbonyl (C=O) groups excluding carboxylic acids is 1. The van der Waals surface area contributed by atoms with E-state index < -0.39 is 0 Å². The van der Waals surface area contributed by atoms with Crippen LogP contribution in [0.25, 0.3) is 0 Å². The van der Waals surface area contributed by atoms with Gasteiger partial charge in [-0.05, 0) is 59.3 Å². The number of rotatable bonds is 7. The molecule has 0 saturated carbocycles. The summed E-state index contributed by atoms with van der Waals surface area (Å²) < 4.78 is 11.5. The van der Waals surface area contributed by atoms with Crippen LogP contribution >= 0.6 is 34.2 Å². The van der Waals surface area contributed by atoms with Gasteiger partial charge in [0.2, 0.25) is 0 Å². The van der Waals surface area contributed by atoms with E-state index >= 15 is 0 Å². The maximum Gasteiger partial charge on any atom is 0.252 e. The van der Waals surface area contributed by atoms with Gasteiger partial charge in [-0.25, -0.2) is 0 Å². The van der Waals surface area contributed by atoms with Crippen LogP contribution in [-0.2, 0) is 11.3 Å². The van der Waals surface area contributed by atoms with Crippen molar-refractivity contribution < 1.29 is 13.9 Å². The zero-order valence-corrected chi connectivity index (χ0v) is 14.2. The number of halogens is 2. The van der Waals surface area contributed by atoms with Crippen LogP contribution in [-0.4, -0.2) is 19.1 Å². The normalized spacial score (nSPS) is 10.6. The number of ether oxygens (including phenoxy) is 1. The SMILES string of the molecule is O=C(NCCCOCc1ccco1)c1cc(Cl)ccc1I. The molecular formula is C15H15ClINO3. The summed E-state index contributed by atoms with van der Waals surface area (Å²) in [5.41, 5.74) is 0.597. The number of hydrogen-bond donors (Lipinski definition) is 1. The van der Waals surface area contributed by atoms with Crippen LogP contribution in [0.4, 0.5) is 0 Å². The minimum atomic E-state index is -0.118. The summed E-state index contributed by atoms with van der Waals surface area (Å²) in [4.78, 5) is 12.0. The smallest absolute Gasteiger partial charge is 0.252 e. The molecule has 0 saturated heterocycles. The van der Waals surface area contributed by atoms with Gasteiger partial charge >= 0.3 is 0 Å². The maximum absolute atomic E-state index is 12.0. The van der Waals surface area contributed by atoms with Crippen molar-refractivity contribution in [2.75, 3.05) is 13.2 Å². The Morgan fingerprint density at radius 2 is 2.24 bits per heavy atom. The number of carbonyl (C=O) groups is 1. The van der Waals surface area contributed by atoms with Gasteiger partial charge in [-0.1, -0.05) is 11.6 Å². The summed E-state index contributed by atoms with van der Waals surface area (Å²) in [5.74, 6) is 0.681. The summed E-state index contributed by atoms with van der Waals surface area (Å²) in [5, 5.41) is 3.41. The molecule has 1 amide bonds. The van der Waals surface area contributed by atoms with E-state index in [4.69, 9.17) is 20.8 Å². The van der Waals surface area contributed by atoms with E-state index in [1.807, 2.05) is 18.2 Å². The molecule has 0 radical (unpaired) electrons. The maximum atomic E-state index is 12.0. The van der Waals surface area contributed by atoms with Gasteiger partial charge < -0.3 is 14.5 Å². The van der Waals surface area contributed by atoms with Gasteiger partial charge in [-0.15, -0.1) is 0 Å². The van der Waals surface area contributed by atoms with E-state index in [-0.39, 0.29) is 5.91 Å². The van der Waals surface area contributed by atoms with E-state index in [0.717, 1.165) is 15.8 Å². The third-order valence-corrected chi connectivity index (χ3v) is 3.92. The molecule has 0 aliphatic carbocycles. The molecule has 6 heteroatoms. The first-order chi connectivity index (χ1) is 10.2. The van der Waals surface area contributed by atoms with Crippen molar-refractivity contribution in [1.82, 2.24) is 5.32 Å². The van der Waals surface area contributed by atoms with Gasteiger partial charge in [0.15, 0.2) is 0 Å². The van der Waals surface area contributed by atoms with Crippen molar-refractivity contribution in [3.8, 4) is 0 Å². The molecule has 0 bridgehead atoms. The number of hydrogen-bond acceptors (Lipinski definition) is 3. The second-order valence-electron chi connectivity index (χ2n) is 4.37. The van der Waals surface area contributed by atoms with E-state index in [1.54, 1.807) is 18.4 Å². The Bertz CT molecular complexity index is 587. The lowest BCUT2D eigenvalue weighted by molar-refractivity contribution is 0.0916. The zero-order chi connectivity index (χ0) is 15.1. The summed E-state index contributed by atoms with van der Waals surface area (Å²) in [6.45, 7) is 1.57. The first kappa shape index (κ1) is 16.3. The molecule has 4 nitrogen and oxygen atoms in total. The number of amides is 1. The highest BCUT2D eigenvalue weighted by Crippen LogP contribution is 2.17. The molecule has 112 valence electrons. The monoisotopic (exact) mass is 419 g/mol. The van der Waals surface area contributed by atoms with Gasteiger partial charge in [0.05, 0.1) is 11.8 Å². The Labute approximate surface area is 141 Å². The fraction of sp³-hybridized carbons (Fsp3) is 0.267. The molecular weight excluding hydrogens is 405 g/mol. The van der Waals surface area contributed by atoms with Gasteiger partial charge in [-0.2, -0.15) is 0 Å². The first-order valence-corrected chi connectivity index (χ1v) is 7.96. The highest BCUT2D eigenvalue weighted by atomic mass is 127. The number of nitrogens with one attached hydrogen (secondary N) is 1. The summed E-state index contributed by atoms with van der Waals surface area (Å²) in [6, 6.07) is 8.95. The van der Waals surface area contributed by atoms with Crippen molar-refractivity contribution in [3.63, 3.8) is 0 Å². The molecule has 0 aliphatic heterocycles. The van der Waals surface area contributed by atoms with Crippen LogP contribution in [0.15, 0.2) is 41.0 Å². The molecule has 2 aromatic rings. The molecule has 1 N–H and O–H groups in total. The van der Waals surface area contributed by atoms with Crippen LogP contribution in [0.3, 0.4) is 0 Å². The van der Waals surface area contributed by atoms with Crippen molar-refractivity contribution in [3.05, 3.63) is 56.5 Å². The van der Waals surface area contributed by atoms with Crippen LogP contribution in [0.5, 0.6) is 0 Å². The summed E-state index contributed by atoms with van der Waals surface area (Å²) >= 11 is 8.02. The summed E-state index contributed by atoms with van der Waals surface area (Å²) in [7, 11) is 0. The van der Waals surface area contributed by atoms with Crippen molar-refractivity contribution in [2.45, 2.75) is 13.0 Å². The van der Waals surface area contributed by atoms with Crippen molar-refractivity contribution in [1.29, 1.82) is 0 Å². The first-order valence-electron chi connectivity index (χ1n) is 6.50. The van der Waals surface area contributed by atoms with Gasteiger partial charge in [0.1, 0.15) is 12.4 Å². The molecule has 21 heavy (non-hydrogen) atoms. The van der Waals surface area contributed by atoms with Crippen molar-refractivity contribution in [2.24, 2.45) is 0 Å². The molecule has 0 atom stereocenters. The van der Waals surface area contributed by atoms with Gasteiger partial charge in [0.25, 0.3) is 5.91 Å². The average Bonchev–Trinajstić information content (AvgIpc) is 2.98. The molecule has 0 spiro atoms. The van der Waals surface area contributed by atoms with Crippen LogP contribution in [0.1, 0.15) is 22.5 Å². The average molecular weight is 420 g/mol. The Kier molecular flexibility index (Phi) is 6.53. The molecule has 0 fully saturated rings. The van der Waals surface area contributed by atoms with Gasteiger partial charge in [0, 0.05) is 21.7 Å². The Morgan fingerprint density at radius 3 is 3.00 bits per heavy atom. The Morgan fingerprint density at radius 1 is 1.38 bits per heavy atom. The second-order valence-corrected chi connectivity index (χ2v) is 5.96. The number of furan rings is 1. The van der Waals surface area contributed by atoms with Crippen LogP contribution in [0.2, 0.25) is 5.02 Å². The molecule has 2 rings (SSSR count). The quantitative estimate of drug-likeness (QED) is 0.547. The molecule has 1 heterocycles. The molecule has 0 unspecified atom stereocenters. The predicted molar refractivity (Wildman–Crippen MR) is 89.5 cm³/mol. The third-order valence-electron chi connectivity index (χ3n) is 2.75.